The Balaban J connectivity index is 2.24. The number of carbonyl (C=O) groups is 2. The quantitative estimate of drug-likeness (QED) is 0.878. The second kappa shape index (κ2) is 5.76. The fraction of sp³-hybridized carbons (Fsp3) is 0.500. The summed E-state index contributed by atoms with van der Waals surface area (Å²) in [6.07, 6.45) is 0.627. The lowest BCUT2D eigenvalue weighted by molar-refractivity contribution is -0.143. The summed E-state index contributed by atoms with van der Waals surface area (Å²) in [5.41, 5.74) is 1.33. The standard InChI is InChI=1S/C16H21NO4/c1-16(2,3)21-15(20)17-13-11-7-5-4-6-10(11)8-9-12(13)14(18)19/h4-7,12-13H,8-9H2,1-3H3,(H,17,20)(H,18,19)/t12-,13+/m1/s1. The highest BCUT2D eigenvalue weighted by Crippen LogP contribution is 2.34. The normalized spacial score (nSPS) is 21.3. The third-order valence-electron chi connectivity index (χ3n) is 3.51. The van der Waals surface area contributed by atoms with E-state index in [0.29, 0.717) is 12.8 Å². The number of carboxylic acids is 1. The van der Waals surface area contributed by atoms with Gasteiger partial charge in [0.25, 0.3) is 0 Å². The number of aliphatic carboxylic acids is 1. The fourth-order valence-corrected chi connectivity index (χ4v) is 2.64. The number of rotatable bonds is 2. The lowest BCUT2D eigenvalue weighted by atomic mass is 9.80. The third-order valence-corrected chi connectivity index (χ3v) is 3.51. The Bertz CT molecular complexity index is 547. The molecule has 0 radical (unpaired) electrons. The molecule has 1 aliphatic carbocycles. The van der Waals surface area contributed by atoms with Crippen LogP contribution in [0.15, 0.2) is 24.3 Å². The molecule has 2 atom stereocenters. The minimum Gasteiger partial charge on any atom is -0.481 e. The van der Waals surface area contributed by atoms with Gasteiger partial charge in [-0.25, -0.2) is 4.79 Å². The predicted molar refractivity (Wildman–Crippen MR) is 78.0 cm³/mol. The Morgan fingerprint density at radius 1 is 1.29 bits per heavy atom. The van der Waals surface area contributed by atoms with E-state index in [1.165, 1.54) is 0 Å². The number of amides is 1. The summed E-state index contributed by atoms with van der Waals surface area (Å²) in [4.78, 5) is 23.4. The Morgan fingerprint density at radius 2 is 1.95 bits per heavy atom. The van der Waals surface area contributed by atoms with Crippen molar-refractivity contribution in [2.45, 2.75) is 45.3 Å². The summed E-state index contributed by atoms with van der Waals surface area (Å²) >= 11 is 0. The summed E-state index contributed by atoms with van der Waals surface area (Å²) in [7, 11) is 0. The van der Waals surface area contributed by atoms with Gasteiger partial charge in [-0.05, 0) is 44.7 Å². The molecule has 5 nitrogen and oxygen atoms in total. The van der Waals surface area contributed by atoms with Crippen LogP contribution in [-0.2, 0) is 16.0 Å². The average molecular weight is 291 g/mol. The number of hydrogen-bond donors (Lipinski definition) is 2. The lowest BCUT2D eigenvalue weighted by Crippen LogP contribution is -2.42. The van der Waals surface area contributed by atoms with E-state index < -0.39 is 29.6 Å². The maximum atomic E-state index is 12.0. The Hall–Kier alpha value is -2.04. The molecule has 1 aromatic rings. The van der Waals surface area contributed by atoms with E-state index >= 15 is 0 Å². The summed E-state index contributed by atoms with van der Waals surface area (Å²) in [5, 5.41) is 12.1. The van der Waals surface area contributed by atoms with Crippen molar-refractivity contribution in [1.29, 1.82) is 0 Å². The van der Waals surface area contributed by atoms with Gasteiger partial charge in [-0.2, -0.15) is 0 Å². The van der Waals surface area contributed by atoms with Crippen LogP contribution in [0.3, 0.4) is 0 Å². The predicted octanol–water partition coefficient (Wildman–Crippen LogP) is 2.90. The molecule has 0 saturated heterocycles. The minimum absolute atomic E-state index is 0.507. The first-order chi connectivity index (χ1) is 9.78. The van der Waals surface area contributed by atoms with E-state index in [1.807, 2.05) is 24.3 Å². The maximum Gasteiger partial charge on any atom is 0.408 e. The topological polar surface area (TPSA) is 75.6 Å². The molecular formula is C16H21NO4. The number of ether oxygens (including phenoxy) is 1. The first-order valence-electron chi connectivity index (χ1n) is 7.08. The van der Waals surface area contributed by atoms with Crippen LogP contribution in [0.4, 0.5) is 4.79 Å². The van der Waals surface area contributed by atoms with Gasteiger partial charge in [-0.15, -0.1) is 0 Å². The van der Waals surface area contributed by atoms with Crippen LogP contribution in [0.2, 0.25) is 0 Å². The first-order valence-corrected chi connectivity index (χ1v) is 7.08. The van der Waals surface area contributed by atoms with Crippen molar-refractivity contribution >= 4 is 12.1 Å². The number of fused-ring (bicyclic) bond motifs is 1. The Labute approximate surface area is 124 Å². The SMILES string of the molecule is CC(C)(C)OC(=O)N[C@H]1c2ccccc2CC[C@H]1C(=O)O. The number of carbonyl (C=O) groups excluding carboxylic acids is 1. The smallest absolute Gasteiger partial charge is 0.408 e. The van der Waals surface area contributed by atoms with Gasteiger partial charge in [-0.3, -0.25) is 4.79 Å². The summed E-state index contributed by atoms with van der Waals surface area (Å²) in [6.45, 7) is 5.32. The average Bonchev–Trinajstić information content (AvgIpc) is 2.36. The van der Waals surface area contributed by atoms with Gasteiger partial charge < -0.3 is 15.2 Å². The van der Waals surface area contributed by atoms with E-state index in [9.17, 15) is 14.7 Å². The molecule has 2 rings (SSSR count). The number of nitrogens with one attached hydrogen (secondary N) is 1. The van der Waals surface area contributed by atoms with E-state index in [2.05, 4.69) is 5.32 Å². The van der Waals surface area contributed by atoms with Crippen molar-refractivity contribution in [3.63, 3.8) is 0 Å². The van der Waals surface area contributed by atoms with E-state index in [4.69, 9.17) is 4.74 Å². The third kappa shape index (κ3) is 3.74. The zero-order chi connectivity index (χ0) is 15.6. The van der Waals surface area contributed by atoms with E-state index in [0.717, 1.165) is 11.1 Å². The maximum absolute atomic E-state index is 12.0. The number of aryl methyl sites for hydroxylation is 1. The molecule has 1 amide bonds. The van der Waals surface area contributed by atoms with Gasteiger partial charge in [0, 0.05) is 0 Å². The highest BCUT2D eigenvalue weighted by Gasteiger charge is 2.36. The number of hydrogen-bond acceptors (Lipinski definition) is 3. The largest absolute Gasteiger partial charge is 0.481 e. The second-order valence-corrected chi connectivity index (χ2v) is 6.31. The molecule has 5 heteroatoms. The van der Waals surface area contributed by atoms with Gasteiger partial charge in [0.2, 0.25) is 0 Å². The zero-order valence-electron chi connectivity index (χ0n) is 12.6. The zero-order valence-corrected chi connectivity index (χ0v) is 12.6. The highest BCUT2D eigenvalue weighted by atomic mass is 16.6. The fourth-order valence-electron chi connectivity index (χ4n) is 2.64. The molecule has 0 heterocycles. The van der Waals surface area contributed by atoms with Crippen LogP contribution < -0.4 is 5.32 Å². The molecule has 2 N–H and O–H groups in total. The second-order valence-electron chi connectivity index (χ2n) is 6.31. The van der Waals surface area contributed by atoms with Crippen LogP contribution in [0, 0.1) is 5.92 Å². The molecule has 0 unspecified atom stereocenters. The van der Waals surface area contributed by atoms with Gasteiger partial charge in [0.05, 0.1) is 12.0 Å². The molecule has 1 aromatic carbocycles. The monoisotopic (exact) mass is 291 g/mol. The molecular weight excluding hydrogens is 270 g/mol. The molecule has 1 aliphatic rings. The van der Waals surface area contributed by atoms with Crippen molar-refractivity contribution in [2.75, 3.05) is 0 Å². The van der Waals surface area contributed by atoms with Gasteiger partial charge in [0.15, 0.2) is 0 Å². The first kappa shape index (κ1) is 15.4. The summed E-state index contributed by atoms with van der Waals surface area (Å²) in [6, 6.07) is 7.06. The van der Waals surface area contributed by atoms with Crippen molar-refractivity contribution in [1.82, 2.24) is 5.32 Å². The molecule has 0 bridgehead atoms. The summed E-state index contributed by atoms with van der Waals surface area (Å²) in [5.74, 6) is -1.53. The lowest BCUT2D eigenvalue weighted by Gasteiger charge is -2.32. The van der Waals surface area contributed by atoms with Crippen LogP contribution in [-0.4, -0.2) is 22.8 Å². The highest BCUT2D eigenvalue weighted by molar-refractivity contribution is 5.75. The number of carboxylic acid groups (broad SMARTS) is 1. The van der Waals surface area contributed by atoms with Crippen molar-refractivity contribution in [3.8, 4) is 0 Å². The molecule has 114 valence electrons. The van der Waals surface area contributed by atoms with Crippen LogP contribution in [0.25, 0.3) is 0 Å². The minimum atomic E-state index is -0.898. The van der Waals surface area contributed by atoms with Crippen molar-refractivity contribution < 1.29 is 19.4 Å². The molecule has 0 saturated carbocycles. The molecule has 21 heavy (non-hydrogen) atoms. The number of alkyl carbamates (subject to hydrolysis) is 1. The molecule has 0 aliphatic heterocycles. The molecule has 0 spiro atoms. The van der Waals surface area contributed by atoms with Crippen molar-refractivity contribution in [3.05, 3.63) is 35.4 Å². The number of benzene rings is 1. The van der Waals surface area contributed by atoms with Crippen LogP contribution in [0.5, 0.6) is 0 Å². The van der Waals surface area contributed by atoms with Gasteiger partial charge in [0.1, 0.15) is 5.60 Å². The van der Waals surface area contributed by atoms with Crippen LogP contribution in [0.1, 0.15) is 44.4 Å². The Morgan fingerprint density at radius 3 is 2.57 bits per heavy atom. The van der Waals surface area contributed by atoms with E-state index in [-0.39, 0.29) is 0 Å². The van der Waals surface area contributed by atoms with Crippen LogP contribution >= 0.6 is 0 Å². The van der Waals surface area contributed by atoms with E-state index in [1.54, 1.807) is 20.8 Å². The van der Waals surface area contributed by atoms with Crippen molar-refractivity contribution in [2.24, 2.45) is 5.92 Å². The molecule has 0 fully saturated rings. The summed E-state index contributed by atoms with van der Waals surface area (Å²) < 4.78 is 5.24. The Kier molecular flexibility index (Phi) is 4.21. The van der Waals surface area contributed by atoms with Gasteiger partial charge >= 0.3 is 12.1 Å². The molecule has 0 aromatic heterocycles. The van der Waals surface area contributed by atoms with Gasteiger partial charge in [-0.1, -0.05) is 24.3 Å².